The van der Waals surface area contributed by atoms with Crippen molar-refractivity contribution in [3.05, 3.63) is 59.2 Å². The van der Waals surface area contributed by atoms with Crippen molar-refractivity contribution in [3.63, 3.8) is 0 Å². The van der Waals surface area contributed by atoms with Crippen LogP contribution in [0.2, 0.25) is 0 Å². The first-order valence-corrected chi connectivity index (χ1v) is 10.7. The minimum atomic E-state index is -0.118. The summed E-state index contributed by atoms with van der Waals surface area (Å²) < 4.78 is 11.2. The molecule has 2 heterocycles. The first-order chi connectivity index (χ1) is 14.0. The first-order valence-electron chi connectivity index (χ1n) is 9.70. The van der Waals surface area contributed by atoms with Crippen LogP contribution in [-0.2, 0) is 4.79 Å². The highest BCUT2D eigenvalue weighted by atomic mass is 32.2. The Morgan fingerprint density at radius 2 is 1.90 bits per heavy atom. The van der Waals surface area contributed by atoms with Crippen molar-refractivity contribution in [1.82, 2.24) is 10.3 Å². The molecule has 3 aromatic rings. The Kier molecular flexibility index (Phi) is 5.62. The topological polar surface area (TPSA) is 60.5 Å². The van der Waals surface area contributed by atoms with Crippen LogP contribution in [0.1, 0.15) is 29.7 Å². The molecule has 0 unspecified atom stereocenters. The van der Waals surface area contributed by atoms with Crippen LogP contribution < -0.4 is 14.8 Å². The molecule has 5 nitrogen and oxygen atoms in total. The van der Waals surface area contributed by atoms with Crippen LogP contribution in [0.25, 0.3) is 10.9 Å². The van der Waals surface area contributed by atoms with Crippen molar-refractivity contribution in [2.45, 2.75) is 31.8 Å². The van der Waals surface area contributed by atoms with Crippen LogP contribution >= 0.6 is 11.8 Å². The van der Waals surface area contributed by atoms with Gasteiger partial charge in [-0.15, -0.1) is 0 Å². The van der Waals surface area contributed by atoms with Crippen molar-refractivity contribution in [1.29, 1.82) is 0 Å². The van der Waals surface area contributed by atoms with Gasteiger partial charge in [-0.2, -0.15) is 0 Å². The Morgan fingerprint density at radius 1 is 1.10 bits per heavy atom. The number of amides is 1. The number of nitrogens with one attached hydrogen (secondary N) is 1. The van der Waals surface area contributed by atoms with Gasteiger partial charge in [0.15, 0.2) is 11.5 Å². The second-order valence-electron chi connectivity index (χ2n) is 7.23. The van der Waals surface area contributed by atoms with E-state index < -0.39 is 0 Å². The number of hydrogen-bond acceptors (Lipinski definition) is 5. The van der Waals surface area contributed by atoms with Crippen molar-refractivity contribution in [3.8, 4) is 11.5 Å². The minimum Gasteiger partial charge on any atom is -0.486 e. The zero-order chi connectivity index (χ0) is 20.4. The number of carbonyl (C=O) groups excluding carboxylic acids is 1. The third-order valence-electron chi connectivity index (χ3n) is 5.02. The number of benzene rings is 2. The number of aryl methyl sites for hydroxylation is 2. The minimum absolute atomic E-state index is 0.0262. The predicted octanol–water partition coefficient (Wildman–Crippen LogP) is 4.59. The van der Waals surface area contributed by atoms with Crippen molar-refractivity contribution >= 4 is 28.6 Å². The molecule has 1 aliphatic heterocycles. The van der Waals surface area contributed by atoms with Gasteiger partial charge in [0.25, 0.3) is 0 Å². The highest BCUT2D eigenvalue weighted by Gasteiger charge is 2.16. The fourth-order valence-corrected chi connectivity index (χ4v) is 4.22. The molecular formula is C23H24N2O3S. The number of rotatable bonds is 5. The SMILES string of the molecule is Cc1cc(SCC(=O)N[C@H](C)c2ccc3c(c2)OCCO3)nc2c(C)cccc12. The van der Waals surface area contributed by atoms with E-state index in [9.17, 15) is 4.79 Å². The Labute approximate surface area is 174 Å². The molecule has 0 radical (unpaired) electrons. The highest BCUT2D eigenvalue weighted by Crippen LogP contribution is 2.32. The van der Waals surface area contributed by atoms with Gasteiger partial charge in [-0.3, -0.25) is 4.79 Å². The van der Waals surface area contributed by atoms with Crippen LogP contribution in [0.15, 0.2) is 47.5 Å². The van der Waals surface area contributed by atoms with Crippen molar-refractivity contribution in [2.24, 2.45) is 0 Å². The Bertz CT molecular complexity index is 1070. The molecule has 150 valence electrons. The fourth-order valence-electron chi connectivity index (χ4n) is 3.44. The smallest absolute Gasteiger partial charge is 0.230 e. The predicted molar refractivity (Wildman–Crippen MR) is 116 cm³/mol. The lowest BCUT2D eigenvalue weighted by molar-refractivity contribution is -0.119. The number of thioether (sulfide) groups is 1. The van der Waals surface area contributed by atoms with Gasteiger partial charge < -0.3 is 14.8 Å². The molecule has 1 aliphatic rings. The lowest BCUT2D eigenvalue weighted by atomic mass is 10.1. The van der Waals surface area contributed by atoms with E-state index in [4.69, 9.17) is 14.5 Å². The quantitative estimate of drug-likeness (QED) is 0.626. The van der Waals surface area contributed by atoms with E-state index in [2.05, 4.69) is 31.3 Å². The molecule has 0 saturated heterocycles. The number of fused-ring (bicyclic) bond motifs is 2. The summed E-state index contributed by atoms with van der Waals surface area (Å²) in [7, 11) is 0. The third-order valence-corrected chi connectivity index (χ3v) is 5.93. The van der Waals surface area contributed by atoms with Gasteiger partial charge in [-0.25, -0.2) is 4.98 Å². The molecule has 4 rings (SSSR count). The molecule has 1 atom stereocenters. The first kappa shape index (κ1) is 19.6. The molecule has 0 aliphatic carbocycles. The maximum absolute atomic E-state index is 12.5. The van der Waals surface area contributed by atoms with E-state index in [1.165, 1.54) is 17.3 Å². The maximum atomic E-state index is 12.5. The van der Waals surface area contributed by atoms with Gasteiger partial charge in [0.1, 0.15) is 13.2 Å². The molecule has 0 fully saturated rings. The zero-order valence-corrected chi connectivity index (χ0v) is 17.6. The number of ether oxygens (including phenoxy) is 2. The summed E-state index contributed by atoms with van der Waals surface area (Å²) in [6.07, 6.45) is 0. The summed E-state index contributed by atoms with van der Waals surface area (Å²) in [6, 6.07) is 13.9. The number of aromatic nitrogens is 1. The number of hydrogen-bond donors (Lipinski definition) is 1. The van der Waals surface area contributed by atoms with Crippen molar-refractivity contribution in [2.75, 3.05) is 19.0 Å². The third kappa shape index (κ3) is 4.32. The van der Waals surface area contributed by atoms with Crippen LogP contribution in [0, 0.1) is 13.8 Å². The summed E-state index contributed by atoms with van der Waals surface area (Å²) in [5.41, 5.74) is 4.30. The van der Waals surface area contributed by atoms with E-state index in [0.29, 0.717) is 19.0 Å². The normalized spacial score (nSPS) is 13.9. The van der Waals surface area contributed by atoms with E-state index >= 15 is 0 Å². The number of carbonyl (C=O) groups is 1. The fraction of sp³-hybridized carbons (Fsp3) is 0.304. The molecule has 1 N–H and O–H groups in total. The average molecular weight is 409 g/mol. The van der Waals surface area contributed by atoms with Gasteiger partial charge in [0.2, 0.25) is 5.91 Å². The van der Waals surface area contributed by atoms with Crippen LogP contribution in [-0.4, -0.2) is 29.9 Å². The average Bonchev–Trinajstić information content (AvgIpc) is 2.72. The molecule has 0 spiro atoms. The summed E-state index contributed by atoms with van der Waals surface area (Å²) in [4.78, 5) is 17.2. The largest absolute Gasteiger partial charge is 0.486 e. The molecule has 29 heavy (non-hydrogen) atoms. The van der Waals surface area contributed by atoms with Crippen molar-refractivity contribution < 1.29 is 14.3 Å². The Morgan fingerprint density at radius 3 is 2.72 bits per heavy atom. The van der Waals surface area contributed by atoms with Gasteiger partial charge >= 0.3 is 0 Å². The molecular weight excluding hydrogens is 384 g/mol. The monoisotopic (exact) mass is 408 g/mol. The van der Waals surface area contributed by atoms with Crippen LogP contribution in [0.4, 0.5) is 0 Å². The van der Waals surface area contributed by atoms with Crippen LogP contribution in [0.5, 0.6) is 11.5 Å². The second kappa shape index (κ2) is 8.33. The summed E-state index contributed by atoms with van der Waals surface area (Å²) >= 11 is 1.46. The van der Waals surface area contributed by atoms with E-state index in [-0.39, 0.29) is 11.9 Å². The molecule has 1 amide bonds. The lowest BCUT2D eigenvalue weighted by Gasteiger charge is -2.21. The summed E-state index contributed by atoms with van der Waals surface area (Å²) in [5.74, 6) is 1.78. The van der Waals surface area contributed by atoms with Gasteiger partial charge in [0, 0.05) is 5.39 Å². The number of pyridine rings is 1. The lowest BCUT2D eigenvalue weighted by Crippen LogP contribution is -2.28. The molecule has 2 aromatic carbocycles. The van der Waals surface area contributed by atoms with Crippen LogP contribution in [0.3, 0.4) is 0 Å². The van der Waals surface area contributed by atoms with E-state index in [1.807, 2.05) is 37.3 Å². The number of nitrogens with zero attached hydrogens (tertiary/aromatic N) is 1. The van der Waals surface area contributed by atoms with Gasteiger partial charge in [0.05, 0.1) is 22.3 Å². The summed E-state index contributed by atoms with van der Waals surface area (Å²) in [6.45, 7) is 7.22. The second-order valence-corrected chi connectivity index (χ2v) is 8.23. The molecule has 6 heteroatoms. The van der Waals surface area contributed by atoms with E-state index in [0.717, 1.165) is 38.6 Å². The van der Waals surface area contributed by atoms with Gasteiger partial charge in [-0.05, 0) is 55.7 Å². The highest BCUT2D eigenvalue weighted by molar-refractivity contribution is 7.99. The van der Waals surface area contributed by atoms with Gasteiger partial charge in [-0.1, -0.05) is 36.0 Å². The zero-order valence-electron chi connectivity index (χ0n) is 16.8. The maximum Gasteiger partial charge on any atom is 0.230 e. The molecule has 0 bridgehead atoms. The number of para-hydroxylation sites is 1. The molecule has 1 aromatic heterocycles. The summed E-state index contributed by atoms with van der Waals surface area (Å²) in [5, 5.41) is 5.08. The Balaban J connectivity index is 1.40. The molecule has 0 saturated carbocycles. The van der Waals surface area contributed by atoms with E-state index in [1.54, 1.807) is 0 Å². The standard InChI is InChI=1S/C23H24N2O3S/c1-14-5-4-6-18-15(2)11-22(25-23(14)18)29-13-21(26)24-16(3)17-7-8-19-20(12-17)28-10-9-27-19/h4-8,11-12,16H,9-10,13H2,1-3H3,(H,24,26)/t16-/m1/s1. The Hall–Kier alpha value is -2.73.